The fourth-order valence-corrected chi connectivity index (χ4v) is 2.14. The Bertz CT molecular complexity index is 267. The molecule has 5 nitrogen and oxygen atoms in total. The second kappa shape index (κ2) is 8.00. The summed E-state index contributed by atoms with van der Waals surface area (Å²) in [6.45, 7) is 7.20. The molecule has 0 aliphatic heterocycles. The van der Waals surface area contributed by atoms with Crippen LogP contribution in [0.5, 0.6) is 0 Å². The summed E-state index contributed by atoms with van der Waals surface area (Å²) in [5.41, 5.74) is 0. The molecule has 2 N–H and O–H groups in total. The maximum Gasteiger partial charge on any atom is 0.215 e. The number of hydrogen-bond acceptors (Lipinski definition) is 4. The third-order valence-electron chi connectivity index (χ3n) is 2.36. The lowest BCUT2D eigenvalue weighted by Gasteiger charge is -2.16. The predicted molar refractivity (Wildman–Crippen MR) is 66.0 cm³/mol. The van der Waals surface area contributed by atoms with Crippen molar-refractivity contribution in [2.45, 2.75) is 38.5 Å². The molecule has 0 saturated heterocycles. The van der Waals surface area contributed by atoms with E-state index in [0.717, 1.165) is 13.0 Å². The number of ether oxygens (including phenoxy) is 1. The van der Waals surface area contributed by atoms with Gasteiger partial charge in [-0.15, -0.1) is 0 Å². The van der Waals surface area contributed by atoms with Crippen molar-refractivity contribution in [2.75, 3.05) is 26.7 Å². The average molecular weight is 252 g/mol. The van der Waals surface area contributed by atoms with Crippen LogP contribution in [0.15, 0.2) is 0 Å². The van der Waals surface area contributed by atoms with Gasteiger partial charge in [0.05, 0.1) is 11.4 Å². The summed E-state index contributed by atoms with van der Waals surface area (Å²) in [7, 11) is -1.68. The van der Waals surface area contributed by atoms with Gasteiger partial charge in [-0.2, -0.15) is 0 Å². The molecule has 2 unspecified atom stereocenters. The third kappa shape index (κ3) is 6.42. The summed E-state index contributed by atoms with van der Waals surface area (Å²) in [6, 6.07) is 0. The standard InChI is InChI=1S/C10H24N2O3S/c1-5-6-11-8-10(3)16(13,14)12-7-9(2)15-4/h9-12H,5-8H2,1-4H3. The highest BCUT2D eigenvalue weighted by Gasteiger charge is 2.20. The van der Waals surface area contributed by atoms with Crippen molar-refractivity contribution >= 4 is 10.0 Å². The zero-order valence-corrected chi connectivity index (χ0v) is 11.4. The van der Waals surface area contributed by atoms with Gasteiger partial charge in [0.1, 0.15) is 0 Å². The van der Waals surface area contributed by atoms with Gasteiger partial charge in [-0.1, -0.05) is 6.92 Å². The van der Waals surface area contributed by atoms with Gasteiger partial charge in [-0.25, -0.2) is 13.1 Å². The monoisotopic (exact) mass is 252 g/mol. The molecule has 0 bridgehead atoms. The Labute approximate surface area is 99.0 Å². The molecule has 0 rings (SSSR count). The van der Waals surface area contributed by atoms with Gasteiger partial charge in [0.2, 0.25) is 10.0 Å². The zero-order chi connectivity index (χ0) is 12.6. The van der Waals surface area contributed by atoms with Crippen molar-refractivity contribution in [2.24, 2.45) is 0 Å². The molecule has 2 atom stereocenters. The number of hydrogen-bond donors (Lipinski definition) is 2. The van der Waals surface area contributed by atoms with E-state index in [9.17, 15) is 8.42 Å². The first kappa shape index (κ1) is 15.8. The molecule has 0 aromatic carbocycles. The van der Waals surface area contributed by atoms with E-state index in [4.69, 9.17) is 4.74 Å². The van der Waals surface area contributed by atoms with Crippen LogP contribution < -0.4 is 10.0 Å². The van der Waals surface area contributed by atoms with Gasteiger partial charge >= 0.3 is 0 Å². The Balaban J connectivity index is 4.01. The molecule has 16 heavy (non-hydrogen) atoms. The van der Waals surface area contributed by atoms with Crippen LogP contribution in [0.4, 0.5) is 0 Å². The van der Waals surface area contributed by atoms with E-state index < -0.39 is 15.3 Å². The van der Waals surface area contributed by atoms with Crippen LogP contribution in [0.1, 0.15) is 27.2 Å². The normalized spacial score (nSPS) is 16.0. The molecule has 0 heterocycles. The minimum atomic E-state index is -3.24. The number of nitrogens with one attached hydrogen (secondary N) is 2. The van der Waals surface area contributed by atoms with Crippen LogP contribution in [0.3, 0.4) is 0 Å². The Kier molecular flexibility index (Phi) is 7.91. The number of sulfonamides is 1. The van der Waals surface area contributed by atoms with E-state index in [2.05, 4.69) is 10.0 Å². The van der Waals surface area contributed by atoms with Gasteiger partial charge in [0.15, 0.2) is 0 Å². The topological polar surface area (TPSA) is 67.4 Å². The predicted octanol–water partition coefficient (Wildman–Crippen LogP) is 0.329. The molecule has 0 spiro atoms. The second-order valence-electron chi connectivity index (χ2n) is 3.95. The zero-order valence-electron chi connectivity index (χ0n) is 10.6. The summed E-state index contributed by atoms with van der Waals surface area (Å²) in [5, 5.41) is 2.66. The fraction of sp³-hybridized carbons (Fsp3) is 1.00. The lowest BCUT2D eigenvalue weighted by Crippen LogP contribution is -2.41. The van der Waals surface area contributed by atoms with Crippen molar-refractivity contribution in [3.8, 4) is 0 Å². The maximum absolute atomic E-state index is 11.7. The fourth-order valence-electron chi connectivity index (χ4n) is 1.05. The molecule has 0 aliphatic carbocycles. The van der Waals surface area contributed by atoms with Crippen molar-refractivity contribution in [3.63, 3.8) is 0 Å². The molecule has 0 saturated carbocycles. The quantitative estimate of drug-likeness (QED) is 0.580. The summed E-state index contributed by atoms with van der Waals surface area (Å²) in [5.74, 6) is 0. The Morgan fingerprint density at radius 2 is 1.88 bits per heavy atom. The minimum Gasteiger partial charge on any atom is -0.380 e. The summed E-state index contributed by atoms with van der Waals surface area (Å²) < 4.78 is 31.0. The van der Waals surface area contributed by atoms with E-state index in [1.54, 1.807) is 14.0 Å². The summed E-state index contributed by atoms with van der Waals surface area (Å²) >= 11 is 0. The number of rotatable bonds is 9. The lowest BCUT2D eigenvalue weighted by molar-refractivity contribution is 0.122. The molecule has 0 amide bonds. The maximum atomic E-state index is 11.7. The van der Waals surface area contributed by atoms with E-state index >= 15 is 0 Å². The van der Waals surface area contributed by atoms with Crippen LogP contribution >= 0.6 is 0 Å². The van der Waals surface area contributed by atoms with Crippen molar-refractivity contribution in [1.29, 1.82) is 0 Å². The Hall–Kier alpha value is -0.170. The van der Waals surface area contributed by atoms with Crippen LogP contribution in [-0.4, -0.2) is 46.5 Å². The van der Waals surface area contributed by atoms with Crippen molar-refractivity contribution in [1.82, 2.24) is 10.0 Å². The van der Waals surface area contributed by atoms with Crippen molar-refractivity contribution < 1.29 is 13.2 Å². The van der Waals surface area contributed by atoms with Gasteiger partial charge in [0, 0.05) is 20.2 Å². The molecule has 98 valence electrons. The van der Waals surface area contributed by atoms with Crippen molar-refractivity contribution in [3.05, 3.63) is 0 Å². The SMILES string of the molecule is CCCNCC(C)S(=O)(=O)NCC(C)OC. The van der Waals surface area contributed by atoms with Gasteiger partial charge in [-0.05, 0) is 26.8 Å². The van der Waals surface area contributed by atoms with Gasteiger partial charge in [0.25, 0.3) is 0 Å². The first-order chi connectivity index (χ1) is 7.44. The third-order valence-corrected chi connectivity index (χ3v) is 4.16. The average Bonchev–Trinajstić information content (AvgIpc) is 2.26. The molecule has 0 aromatic heterocycles. The largest absolute Gasteiger partial charge is 0.380 e. The summed E-state index contributed by atoms with van der Waals surface area (Å²) in [6.07, 6.45) is 0.895. The second-order valence-corrected chi connectivity index (χ2v) is 6.14. The van der Waals surface area contributed by atoms with Gasteiger partial charge in [-0.3, -0.25) is 0 Å². The number of methoxy groups -OCH3 is 1. The van der Waals surface area contributed by atoms with Gasteiger partial charge < -0.3 is 10.1 Å². The Morgan fingerprint density at radius 3 is 2.38 bits per heavy atom. The lowest BCUT2D eigenvalue weighted by atomic mass is 10.4. The highest BCUT2D eigenvalue weighted by Crippen LogP contribution is 1.97. The molecular formula is C10H24N2O3S. The molecular weight excluding hydrogens is 228 g/mol. The van der Waals surface area contributed by atoms with Crippen LogP contribution in [0, 0.1) is 0 Å². The molecule has 6 heteroatoms. The highest BCUT2D eigenvalue weighted by atomic mass is 32.2. The van der Waals surface area contributed by atoms with Crippen LogP contribution in [-0.2, 0) is 14.8 Å². The van der Waals surface area contributed by atoms with E-state index in [-0.39, 0.29) is 6.10 Å². The molecule has 0 radical (unpaired) electrons. The smallest absolute Gasteiger partial charge is 0.215 e. The first-order valence-electron chi connectivity index (χ1n) is 5.66. The molecule has 0 aliphatic rings. The Morgan fingerprint density at radius 1 is 1.25 bits per heavy atom. The van der Waals surface area contributed by atoms with Crippen LogP contribution in [0.25, 0.3) is 0 Å². The summed E-state index contributed by atoms with van der Waals surface area (Å²) in [4.78, 5) is 0. The van der Waals surface area contributed by atoms with E-state index in [1.807, 2.05) is 13.8 Å². The van der Waals surface area contributed by atoms with E-state index in [1.165, 1.54) is 0 Å². The molecule has 0 aromatic rings. The molecule has 0 fully saturated rings. The van der Waals surface area contributed by atoms with Crippen LogP contribution in [0.2, 0.25) is 0 Å². The minimum absolute atomic E-state index is 0.106. The van der Waals surface area contributed by atoms with E-state index in [0.29, 0.717) is 13.1 Å². The first-order valence-corrected chi connectivity index (χ1v) is 7.20. The highest BCUT2D eigenvalue weighted by molar-refractivity contribution is 7.90.